The summed E-state index contributed by atoms with van der Waals surface area (Å²) in [4.78, 5) is 14.0. The Labute approximate surface area is 130 Å². The summed E-state index contributed by atoms with van der Waals surface area (Å²) >= 11 is 0. The Balaban J connectivity index is 1.75. The molecule has 1 unspecified atom stereocenters. The van der Waals surface area contributed by atoms with Crippen molar-refractivity contribution in [3.8, 4) is 6.07 Å². The highest BCUT2D eigenvalue weighted by molar-refractivity contribution is 5.81. The van der Waals surface area contributed by atoms with Gasteiger partial charge in [0.05, 0.1) is 6.07 Å². The number of fused-ring (bicyclic) bond motifs is 1. The van der Waals surface area contributed by atoms with Gasteiger partial charge in [-0.05, 0) is 29.2 Å². The van der Waals surface area contributed by atoms with E-state index in [9.17, 15) is 10.1 Å². The predicted molar refractivity (Wildman–Crippen MR) is 85.4 cm³/mol. The average Bonchev–Trinajstić information content (AvgIpc) is 2.59. The van der Waals surface area contributed by atoms with Crippen LogP contribution in [0.15, 0.2) is 60.8 Å². The smallest absolute Gasteiger partial charge is 0.228 e. The SMILES string of the molecule is N#CC1c2ccccc2C=CN1C(=O)CCc1ccccc1. The van der Waals surface area contributed by atoms with E-state index in [1.165, 1.54) is 0 Å². The van der Waals surface area contributed by atoms with Gasteiger partial charge in [0.1, 0.15) is 6.04 Å². The van der Waals surface area contributed by atoms with Crippen molar-refractivity contribution < 1.29 is 4.79 Å². The van der Waals surface area contributed by atoms with Crippen LogP contribution in [0.25, 0.3) is 6.08 Å². The Hall–Kier alpha value is -2.86. The van der Waals surface area contributed by atoms with Crippen molar-refractivity contribution >= 4 is 12.0 Å². The van der Waals surface area contributed by atoms with E-state index >= 15 is 0 Å². The third-order valence-electron chi connectivity index (χ3n) is 3.86. The molecule has 0 spiro atoms. The van der Waals surface area contributed by atoms with Crippen LogP contribution in [0.1, 0.15) is 29.2 Å². The van der Waals surface area contributed by atoms with E-state index in [0.29, 0.717) is 12.8 Å². The Morgan fingerprint density at radius 1 is 1.09 bits per heavy atom. The lowest BCUT2D eigenvalue weighted by molar-refractivity contribution is -0.129. The number of amides is 1. The summed E-state index contributed by atoms with van der Waals surface area (Å²) in [6.45, 7) is 0. The van der Waals surface area contributed by atoms with Gasteiger partial charge < -0.3 is 0 Å². The van der Waals surface area contributed by atoms with Gasteiger partial charge in [0, 0.05) is 12.6 Å². The Morgan fingerprint density at radius 3 is 2.59 bits per heavy atom. The molecule has 0 aliphatic carbocycles. The van der Waals surface area contributed by atoms with Gasteiger partial charge in [-0.25, -0.2) is 0 Å². The highest BCUT2D eigenvalue weighted by Crippen LogP contribution is 2.30. The van der Waals surface area contributed by atoms with E-state index in [1.807, 2.05) is 60.7 Å². The van der Waals surface area contributed by atoms with Crippen LogP contribution in [0, 0.1) is 11.3 Å². The minimum atomic E-state index is -0.538. The van der Waals surface area contributed by atoms with E-state index in [-0.39, 0.29) is 5.91 Å². The zero-order valence-electron chi connectivity index (χ0n) is 12.1. The molecule has 108 valence electrons. The van der Waals surface area contributed by atoms with Gasteiger partial charge in [-0.15, -0.1) is 0 Å². The molecule has 0 saturated heterocycles. The zero-order chi connectivity index (χ0) is 15.4. The number of benzene rings is 2. The van der Waals surface area contributed by atoms with Crippen LogP contribution in [-0.4, -0.2) is 10.8 Å². The van der Waals surface area contributed by atoms with Gasteiger partial charge >= 0.3 is 0 Å². The molecule has 3 rings (SSSR count). The first-order chi connectivity index (χ1) is 10.8. The predicted octanol–water partition coefficient (Wildman–Crippen LogP) is 3.70. The standard InChI is InChI=1S/C19H16N2O/c20-14-18-17-9-5-4-8-16(17)12-13-21(18)19(22)11-10-15-6-2-1-3-7-15/h1-9,12-13,18H,10-11H2. The third-order valence-corrected chi connectivity index (χ3v) is 3.86. The highest BCUT2D eigenvalue weighted by Gasteiger charge is 2.27. The highest BCUT2D eigenvalue weighted by atomic mass is 16.2. The van der Waals surface area contributed by atoms with Crippen molar-refractivity contribution in [1.29, 1.82) is 5.26 Å². The monoisotopic (exact) mass is 288 g/mol. The molecule has 0 fully saturated rings. The van der Waals surface area contributed by atoms with E-state index in [0.717, 1.165) is 16.7 Å². The normalized spacial score (nSPS) is 16.0. The maximum Gasteiger partial charge on any atom is 0.228 e. The molecule has 1 aliphatic heterocycles. The summed E-state index contributed by atoms with van der Waals surface area (Å²) in [5.74, 6) is -0.0267. The minimum absolute atomic E-state index is 0.0267. The molecular formula is C19H16N2O. The van der Waals surface area contributed by atoms with Crippen LogP contribution in [0.2, 0.25) is 0 Å². The lowest BCUT2D eigenvalue weighted by Crippen LogP contribution is -2.31. The molecule has 3 heteroatoms. The van der Waals surface area contributed by atoms with Gasteiger partial charge in [0.15, 0.2) is 0 Å². The number of hydrogen-bond donors (Lipinski definition) is 0. The topological polar surface area (TPSA) is 44.1 Å². The lowest BCUT2D eigenvalue weighted by Gasteiger charge is -2.28. The van der Waals surface area contributed by atoms with Crippen molar-refractivity contribution in [1.82, 2.24) is 4.90 Å². The molecule has 2 aromatic carbocycles. The van der Waals surface area contributed by atoms with Crippen LogP contribution in [-0.2, 0) is 11.2 Å². The number of rotatable bonds is 3. The first-order valence-electron chi connectivity index (χ1n) is 7.31. The van der Waals surface area contributed by atoms with E-state index in [4.69, 9.17) is 0 Å². The molecule has 1 heterocycles. The molecule has 1 atom stereocenters. The number of nitrogens with zero attached hydrogens (tertiary/aromatic N) is 2. The molecule has 0 bridgehead atoms. The number of carbonyl (C=O) groups excluding carboxylic acids is 1. The fraction of sp³-hybridized carbons (Fsp3) is 0.158. The molecule has 22 heavy (non-hydrogen) atoms. The van der Waals surface area contributed by atoms with Gasteiger partial charge in [0.2, 0.25) is 5.91 Å². The number of carbonyl (C=O) groups is 1. The van der Waals surface area contributed by atoms with E-state index in [1.54, 1.807) is 11.1 Å². The minimum Gasteiger partial charge on any atom is -0.298 e. The maximum atomic E-state index is 12.5. The Kier molecular flexibility index (Phi) is 4.02. The van der Waals surface area contributed by atoms with E-state index < -0.39 is 6.04 Å². The van der Waals surface area contributed by atoms with Crippen molar-refractivity contribution in [3.63, 3.8) is 0 Å². The van der Waals surface area contributed by atoms with E-state index in [2.05, 4.69) is 6.07 Å². The number of nitriles is 1. The molecule has 0 radical (unpaired) electrons. The van der Waals surface area contributed by atoms with Crippen LogP contribution < -0.4 is 0 Å². The molecule has 1 aliphatic rings. The lowest BCUT2D eigenvalue weighted by atomic mass is 9.96. The van der Waals surface area contributed by atoms with Crippen LogP contribution >= 0.6 is 0 Å². The first-order valence-corrected chi connectivity index (χ1v) is 7.31. The summed E-state index contributed by atoms with van der Waals surface area (Å²) in [6.07, 6.45) is 4.70. The molecule has 1 amide bonds. The van der Waals surface area contributed by atoms with Gasteiger partial charge in [0.25, 0.3) is 0 Å². The Bertz CT molecular complexity index is 744. The van der Waals surface area contributed by atoms with Crippen molar-refractivity contribution in [2.45, 2.75) is 18.9 Å². The quantitative estimate of drug-likeness (QED) is 0.864. The number of aryl methyl sites for hydroxylation is 1. The molecule has 3 nitrogen and oxygen atoms in total. The largest absolute Gasteiger partial charge is 0.298 e. The summed E-state index contributed by atoms with van der Waals surface area (Å²) in [5.41, 5.74) is 3.02. The second kappa shape index (κ2) is 6.28. The number of hydrogen-bond acceptors (Lipinski definition) is 2. The van der Waals surface area contributed by atoms with Crippen molar-refractivity contribution in [3.05, 3.63) is 77.5 Å². The second-order valence-corrected chi connectivity index (χ2v) is 5.26. The van der Waals surface area contributed by atoms with Gasteiger partial charge in [-0.1, -0.05) is 54.6 Å². The molecule has 0 saturated carbocycles. The molecule has 0 aromatic heterocycles. The summed E-state index contributed by atoms with van der Waals surface area (Å²) < 4.78 is 0. The summed E-state index contributed by atoms with van der Waals surface area (Å²) in [6, 6.07) is 19.3. The second-order valence-electron chi connectivity index (χ2n) is 5.26. The zero-order valence-corrected chi connectivity index (χ0v) is 12.1. The van der Waals surface area contributed by atoms with Crippen molar-refractivity contribution in [2.24, 2.45) is 0 Å². The maximum absolute atomic E-state index is 12.5. The summed E-state index contributed by atoms with van der Waals surface area (Å²) in [7, 11) is 0. The van der Waals surface area contributed by atoms with Crippen LogP contribution in [0.4, 0.5) is 0 Å². The average molecular weight is 288 g/mol. The third kappa shape index (κ3) is 2.77. The van der Waals surface area contributed by atoms with Crippen LogP contribution in [0.5, 0.6) is 0 Å². The molecule has 2 aromatic rings. The fourth-order valence-electron chi connectivity index (χ4n) is 2.69. The molecule has 0 N–H and O–H groups in total. The van der Waals surface area contributed by atoms with Crippen molar-refractivity contribution in [2.75, 3.05) is 0 Å². The van der Waals surface area contributed by atoms with Crippen LogP contribution in [0.3, 0.4) is 0 Å². The summed E-state index contributed by atoms with van der Waals surface area (Å²) in [5, 5.41) is 9.46. The Morgan fingerprint density at radius 2 is 1.82 bits per heavy atom. The van der Waals surface area contributed by atoms with Gasteiger partial charge in [-0.2, -0.15) is 5.26 Å². The molecular weight excluding hydrogens is 272 g/mol. The fourth-order valence-corrected chi connectivity index (χ4v) is 2.69. The first kappa shape index (κ1) is 14.1. The van der Waals surface area contributed by atoms with Gasteiger partial charge in [-0.3, -0.25) is 9.69 Å².